The van der Waals surface area contributed by atoms with E-state index in [1.807, 2.05) is 12.1 Å². The molecule has 1 aromatic heterocycles. The molecule has 0 aliphatic heterocycles. The van der Waals surface area contributed by atoms with Crippen LogP contribution in [0.5, 0.6) is 0 Å². The minimum absolute atomic E-state index is 0.0717. The van der Waals surface area contributed by atoms with Crippen LogP contribution in [0, 0.1) is 12.8 Å². The second-order valence-electron chi connectivity index (χ2n) is 5.90. The number of carboxylic acids is 1. The Balaban J connectivity index is 2.01. The lowest BCUT2D eigenvalue weighted by molar-refractivity contribution is -0.142. The number of hydrogen-bond acceptors (Lipinski definition) is 4. The van der Waals surface area contributed by atoms with Gasteiger partial charge >= 0.3 is 5.97 Å². The van der Waals surface area contributed by atoms with Crippen LogP contribution in [-0.4, -0.2) is 30.5 Å². The monoisotopic (exact) mass is 346 g/mol. The van der Waals surface area contributed by atoms with Crippen LogP contribution in [0.3, 0.4) is 0 Å². The molecule has 0 saturated heterocycles. The third-order valence-electron chi connectivity index (χ3n) is 4.17. The molecule has 7 heteroatoms. The molecule has 0 amide bonds. The van der Waals surface area contributed by atoms with Crippen molar-refractivity contribution in [2.75, 3.05) is 0 Å². The number of fused-ring (bicyclic) bond motifs is 1. The Hall–Kier alpha value is -2.25. The number of aryl methyl sites for hydroxylation is 1. The number of aliphatic carboxylic acids is 1. The van der Waals surface area contributed by atoms with Gasteiger partial charge in [-0.05, 0) is 31.9 Å². The first-order valence-corrected chi connectivity index (χ1v) is 9.13. The number of hydrogen-bond donors (Lipinski definition) is 2. The summed E-state index contributed by atoms with van der Waals surface area (Å²) >= 11 is 0. The number of aromatic nitrogens is 1. The van der Waals surface area contributed by atoms with Crippen LogP contribution < -0.4 is 4.72 Å². The molecule has 2 N–H and O–H groups in total. The summed E-state index contributed by atoms with van der Waals surface area (Å²) in [5.41, 5.74) is 1.11. The number of carboxylic acid groups (broad SMARTS) is 1. The molecule has 0 unspecified atom stereocenters. The lowest BCUT2D eigenvalue weighted by Gasteiger charge is -2.26. The average Bonchev–Trinajstić information content (AvgIpc) is 2.54. The van der Waals surface area contributed by atoms with E-state index < -0.39 is 28.0 Å². The highest BCUT2D eigenvalue weighted by atomic mass is 32.2. The molecule has 126 valence electrons. The summed E-state index contributed by atoms with van der Waals surface area (Å²) in [5.74, 6) is -1.77. The highest BCUT2D eigenvalue weighted by molar-refractivity contribution is 7.89. The standard InChI is InChI=1S/C17H18N2O4S/c1-11-9-10-12-5-4-8-15(16(12)18-11)24(22,23)19-14-7-3-2-6-13(14)17(20)21/h2-5,8-10,13-14,19H,6-7H2,1H3,(H,20,21)/t13-,14+/m0/s1. The lowest BCUT2D eigenvalue weighted by atomic mass is 9.90. The molecule has 2 aromatic rings. The molecule has 0 fully saturated rings. The molecule has 0 radical (unpaired) electrons. The molecule has 1 aromatic carbocycles. The average molecular weight is 346 g/mol. The number of pyridine rings is 1. The van der Waals surface area contributed by atoms with Crippen molar-refractivity contribution < 1.29 is 18.3 Å². The van der Waals surface area contributed by atoms with Crippen molar-refractivity contribution in [1.82, 2.24) is 9.71 Å². The zero-order valence-corrected chi connectivity index (χ0v) is 14.0. The van der Waals surface area contributed by atoms with Gasteiger partial charge in [-0.3, -0.25) is 9.78 Å². The molecule has 1 aliphatic rings. The second kappa shape index (κ2) is 6.33. The Morgan fingerprint density at radius 2 is 1.96 bits per heavy atom. The first-order chi connectivity index (χ1) is 11.4. The van der Waals surface area contributed by atoms with Crippen molar-refractivity contribution in [3.8, 4) is 0 Å². The van der Waals surface area contributed by atoms with Crippen LogP contribution in [0.25, 0.3) is 10.9 Å². The number of para-hydroxylation sites is 1. The molecular formula is C17H18N2O4S. The minimum Gasteiger partial charge on any atom is -0.481 e. The molecule has 1 heterocycles. The van der Waals surface area contributed by atoms with E-state index in [9.17, 15) is 18.3 Å². The number of nitrogens with one attached hydrogen (secondary N) is 1. The van der Waals surface area contributed by atoms with Gasteiger partial charge in [0.05, 0.1) is 11.4 Å². The minimum atomic E-state index is -3.88. The number of nitrogens with zero attached hydrogens (tertiary/aromatic N) is 1. The molecule has 1 aliphatic carbocycles. The summed E-state index contributed by atoms with van der Waals surface area (Å²) in [6.45, 7) is 1.79. The van der Waals surface area contributed by atoms with E-state index in [2.05, 4.69) is 9.71 Å². The maximum Gasteiger partial charge on any atom is 0.308 e. The van der Waals surface area contributed by atoms with E-state index in [0.29, 0.717) is 24.1 Å². The van der Waals surface area contributed by atoms with Gasteiger partial charge < -0.3 is 5.11 Å². The summed E-state index contributed by atoms with van der Waals surface area (Å²) < 4.78 is 28.2. The van der Waals surface area contributed by atoms with E-state index in [4.69, 9.17) is 0 Å². The Morgan fingerprint density at radius 3 is 2.71 bits per heavy atom. The van der Waals surface area contributed by atoms with Gasteiger partial charge in [-0.2, -0.15) is 0 Å². The topological polar surface area (TPSA) is 96.4 Å². The summed E-state index contributed by atoms with van der Waals surface area (Å²) in [6.07, 6.45) is 4.24. The summed E-state index contributed by atoms with van der Waals surface area (Å²) in [5, 5.41) is 10.0. The number of allylic oxidation sites excluding steroid dienone is 1. The lowest BCUT2D eigenvalue weighted by Crippen LogP contribution is -2.44. The first kappa shape index (κ1) is 16.6. The highest BCUT2D eigenvalue weighted by Gasteiger charge is 2.33. The van der Waals surface area contributed by atoms with Crippen molar-refractivity contribution in [2.45, 2.75) is 30.7 Å². The number of sulfonamides is 1. The van der Waals surface area contributed by atoms with E-state index in [-0.39, 0.29) is 4.90 Å². The quantitative estimate of drug-likeness (QED) is 0.828. The number of carbonyl (C=O) groups is 1. The first-order valence-electron chi connectivity index (χ1n) is 7.65. The highest BCUT2D eigenvalue weighted by Crippen LogP contribution is 2.25. The summed E-state index contributed by atoms with van der Waals surface area (Å²) in [4.78, 5) is 15.8. The Bertz CT molecular complexity index is 921. The predicted molar refractivity (Wildman–Crippen MR) is 90.1 cm³/mol. The van der Waals surface area contributed by atoms with Crippen molar-refractivity contribution in [3.05, 3.63) is 48.2 Å². The summed E-state index contributed by atoms with van der Waals surface area (Å²) in [7, 11) is -3.88. The van der Waals surface area contributed by atoms with Crippen molar-refractivity contribution in [1.29, 1.82) is 0 Å². The summed E-state index contributed by atoms with van der Waals surface area (Å²) in [6, 6.07) is 7.91. The van der Waals surface area contributed by atoms with Gasteiger partial charge in [0.1, 0.15) is 4.90 Å². The second-order valence-corrected chi connectivity index (χ2v) is 7.58. The molecule has 3 rings (SSSR count). The van der Waals surface area contributed by atoms with E-state index >= 15 is 0 Å². The van der Waals surface area contributed by atoms with E-state index in [1.54, 1.807) is 31.2 Å². The van der Waals surface area contributed by atoms with Crippen LogP contribution in [0.15, 0.2) is 47.4 Å². The maximum atomic E-state index is 12.8. The van der Waals surface area contributed by atoms with Crippen molar-refractivity contribution in [3.63, 3.8) is 0 Å². The predicted octanol–water partition coefficient (Wildman–Crippen LogP) is 2.24. The largest absolute Gasteiger partial charge is 0.481 e. The van der Waals surface area contributed by atoms with Crippen molar-refractivity contribution >= 4 is 26.9 Å². The zero-order valence-electron chi connectivity index (χ0n) is 13.1. The van der Waals surface area contributed by atoms with Gasteiger partial charge in [0.15, 0.2) is 0 Å². The van der Waals surface area contributed by atoms with Gasteiger partial charge in [0, 0.05) is 17.1 Å². The Labute approximate surface area is 140 Å². The maximum absolute atomic E-state index is 12.8. The SMILES string of the molecule is Cc1ccc2cccc(S(=O)(=O)N[C@@H]3CC=CC[C@@H]3C(=O)O)c2n1. The molecular weight excluding hydrogens is 328 g/mol. The fourth-order valence-corrected chi connectivity index (χ4v) is 4.38. The van der Waals surface area contributed by atoms with E-state index in [1.165, 1.54) is 6.07 Å². The van der Waals surface area contributed by atoms with Crippen molar-refractivity contribution in [2.24, 2.45) is 5.92 Å². The molecule has 0 bridgehead atoms. The smallest absolute Gasteiger partial charge is 0.308 e. The zero-order chi connectivity index (χ0) is 17.3. The van der Waals surface area contributed by atoms with Crippen LogP contribution in [0.1, 0.15) is 18.5 Å². The molecule has 0 spiro atoms. The number of benzene rings is 1. The van der Waals surface area contributed by atoms with Gasteiger partial charge in [-0.15, -0.1) is 0 Å². The van der Waals surface area contributed by atoms with Gasteiger partial charge in [-0.1, -0.05) is 30.4 Å². The normalized spacial score (nSPS) is 21.0. The van der Waals surface area contributed by atoms with Crippen LogP contribution in [0.2, 0.25) is 0 Å². The third kappa shape index (κ3) is 3.18. The molecule has 2 atom stereocenters. The van der Waals surface area contributed by atoms with Gasteiger partial charge in [0.2, 0.25) is 10.0 Å². The molecule has 0 saturated carbocycles. The van der Waals surface area contributed by atoms with Crippen LogP contribution in [-0.2, 0) is 14.8 Å². The third-order valence-corrected chi connectivity index (χ3v) is 5.69. The van der Waals surface area contributed by atoms with E-state index in [0.717, 1.165) is 5.39 Å². The number of rotatable bonds is 4. The Kier molecular flexibility index (Phi) is 4.38. The van der Waals surface area contributed by atoms with Crippen LogP contribution in [0.4, 0.5) is 0 Å². The fourth-order valence-electron chi connectivity index (χ4n) is 2.91. The molecule has 6 nitrogen and oxygen atoms in total. The Morgan fingerprint density at radius 1 is 1.21 bits per heavy atom. The van der Waals surface area contributed by atoms with Gasteiger partial charge in [-0.25, -0.2) is 13.1 Å². The molecule has 24 heavy (non-hydrogen) atoms. The fraction of sp³-hybridized carbons (Fsp3) is 0.294. The van der Waals surface area contributed by atoms with Crippen LogP contribution >= 0.6 is 0 Å². The van der Waals surface area contributed by atoms with Gasteiger partial charge in [0.25, 0.3) is 0 Å².